The molecule has 8 nitrogen and oxygen atoms in total. The average Bonchev–Trinajstić information content (AvgIpc) is 3.21. The monoisotopic (exact) mass is 369 g/mol. The van der Waals surface area contributed by atoms with Crippen LogP contribution in [0.15, 0.2) is 39.7 Å². The first kappa shape index (κ1) is 18.6. The molecule has 3 heterocycles. The van der Waals surface area contributed by atoms with Gasteiger partial charge in [0.05, 0.1) is 6.26 Å². The van der Waals surface area contributed by atoms with Crippen molar-refractivity contribution < 1.29 is 9.21 Å². The van der Waals surface area contributed by atoms with E-state index in [4.69, 9.17) is 4.42 Å². The van der Waals surface area contributed by atoms with Gasteiger partial charge in [-0.1, -0.05) is 27.7 Å². The number of rotatable bonds is 5. The second-order valence-electron chi connectivity index (χ2n) is 7.50. The fraction of sp³-hybridized carbons (Fsp3) is 0.368. The van der Waals surface area contributed by atoms with Crippen molar-refractivity contribution in [3.8, 4) is 17.4 Å². The van der Waals surface area contributed by atoms with E-state index >= 15 is 0 Å². The maximum atomic E-state index is 12.4. The third-order valence-corrected chi connectivity index (χ3v) is 3.79. The highest BCUT2D eigenvalue weighted by Gasteiger charge is 2.20. The van der Waals surface area contributed by atoms with Crippen LogP contribution in [0.3, 0.4) is 0 Å². The Bertz CT molecular complexity index is 993. The van der Waals surface area contributed by atoms with Crippen molar-refractivity contribution >= 4 is 11.7 Å². The molecule has 0 aliphatic heterocycles. The van der Waals surface area contributed by atoms with E-state index in [0.717, 1.165) is 0 Å². The van der Waals surface area contributed by atoms with Crippen molar-refractivity contribution in [3.05, 3.63) is 46.6 Å². The van der Waals surface area contributed by atoms with Crippen LogP contribution < -0.4 is 10.9 Å². The van der Waals surface area contributed by atoms with Gasteiger partial charge in [-0.15, -0.1) is 0 Å². The molecular formula is C19H23N5O3. The Balaban J connectivity index is 2.04. The highest BCUT2D eigenvalue weighted by atomic mass is 16.3. The van der Waals surface area contributed by atoms with Crippen LogP contribution in [0.4, 0.5) is 5.82 Å². The summed E-state index contributed by atoms with van der Waals surface area (Å²) in [7, 11) is 0. The molecule has 3 aromatic rings. The SMILES string of the molecule is CCc1cc(=O)[nH]c(-n2nc(-c3ccco3)cc2NC(=O)CC(C)(C)C)n1. The van der Waals surface area contributed by atoms with Crippen molar-refractivity contribution in [1.29, 1.82) is 0 Å². The summed E-state index contributed by atoms with van der Waals surface area (Å²) in [6.07, 6.45) is 2.49. The zero-order valence-corrected chi connectivity index (χ0v) is 15.9. The van der Waals surface area contributed by atoms with Crippen molar-refractivity contribution in [2.24, 2.45) is 5.41 Å². The number of amides is 1. The number of nitrogens with one attached hydrogen (secondary N) is 2. The van der Waals surface area contributed by atoms with Gasteiger partial charge < -0.3 is 9.73 Å². The van der Waals surface area contributed by atoms with E-state index in [-0.39, 0.29) is 22.8 Å². The number of nitrogens with zero attached hydrogens (tertiary/aromatic N) is 3. The number of H-pyrrole nitrogens is 1. The molecule has 2 N–H and O–H groups in total. The van der Waals surface area contributed by atoms with Gasteiger partial charge in [0.2, 0.25) is 11.9 Å². The second-order valence-corrected chi connectivity index (χ2v) is 7.50. The van der Waals surface area contributed by atoms with Crippen LogP contribution in [0, 0.1) is 5.41 Å². The molecule has 0 aromatic carbocycles. The largest absolute Gasteiger partial charge is 0.463 e. The minimum Gasteiger partial charge on any atom is -0.463 e. The van der Waals surface area contributed by atoms with Crippen LogP contribution in [0.2, 0.25) is 0 Å². The molecule has 0 saturated carbocycles. The van der Waals surface area contributed by atoms with E-state index < -0.39 is 0 Å². The average molecular weight is 369 g/mol. The first-order chi connectivity index (χ1) is 12.7. The first-order valence-electron chi connectivity index (χ1n) is 8.79. The third-order valence-electron chi connectivity index (χ3n) is 3.79. The van der Waals surface area contributed by atoms with Crippen molar-refractivity contribution in [1.82, 2.24) is 19.7 Å². The predicted octanol–water partition coefficient (Wildman–Crippen LogP) is 3.15. The van der Waals surface area contributed by atoms with Gasteiger partial charge in [-0.2, -0.15) is 9.78 Å². The second kappa shape index (κ2) is 7.22. The molecule has 0 aliphatic rings. The van der Waals surface area contributed by atoms with E-state index in [1.54, 1.807) is 24.5 Å². The van der Waals surface area contributed by atoms with Crippen LogP contribution in [0.25, 0.3) is 17.4 Å². The Hall–Kier alpha value is -3.16. The Morgan fingerprint density at radius 1 is 1.33 bits per heavy atom. The minimum absolute atomic E-state index is 0.149. The topological polar surface area (TPSA) is 106 Å². The zero-order valence-electron chi connectivity index (χ0n) is 15.9. The summed E-state index contributed by atoms with van der Waals surface area (Å²) in [5.74, 6) is 1.05. The van der Waals surface area contributed by atoms with Crippen LogP contribution >= 0.6 is 0 Å². The Morgan fingerprint density at radius 2 is 2.11 bits per heavy atom. The van der Waals surface area contributed by atoms with Gasteiger partial charge in [0.1, 0.15) is 11.5 Å². The van der Waals surface area contributed by atoms with E-state index in [2.05, 4.69) is 20.4 Å². The Labute approximate surface area is 156 Å². The van der Waals surface area contributed by atoms with Gasteiger partial charge in [0.15, 0.2) is 5.76 Å². The summed E-state index contributed by atoms with van der Waals surface area (Å²) in [5.41, 5.74) is 0.721. The summed E-state index contributed by atoms with van der Waals surface area (Å²) >= 11 is 0. The fourth-order valence-electron chi connectivity index (χ4n) is 2.62. The van der Waals surface area contributed by atoms with E-state index in [1.807, 2.05) is 27.7 Å². The molecule has 0 fully saturated rings. The molecule has 0 radical (unpaired) electrons. The summed E-state index contributed by atoms with van der Waals surface area (Å²) in [6, 6.07) is 6.66. The quantitative estimate of drug-likeness (QED) is 0.718. The number of anilines is 1. The molecule has 0 spiro atoms. The number of hydrogen-bond acceptors (Lipinski definition) is 5. The first-order valence-corrected chi connectivity index (χ1v) is 8.79. The lowest BCUT2D eigenvalue weighted by molar-refractivity contribution is -0.117. The molecule has 8 heteroatoms. The van der Waals surface area contributed by atoms with E-state index in [0.29, 0.717) is 35.8 Å². The zero-order chi connectivity index (χ0) is 19.6. The van der Waals surface area contributed by atoms with Gasteiger partial charge in [-0.3, -0.25) is 14.6 Å². The lowest BCUT2D eigenvalue weighted by atomic mass is 9.92. The fourth-order valence-corrected chi connectivity index (χ4v) is 2.62. The summed E-state index contributed by atoms with van der Waals surface area (Å²) in [4.78, 5) is 31.5. The normalized spacial score (nSPS) is 11.6. The van der Waals surface area contributed by atoms with Crippen LogP contribution in [-0.4, -0.2) is 25.7 Å². The summed E-state index contributed by atoms with van der Waals surface area (Å²) in [6.45, 7) is 7.88. The van der Waals surface area contributed by atoms with Gasteiger partial charge in [0.25, 0.3) is 5.56 Å². The molecule has 3 rings (SSSR count). The molecule has 27 heavy (non-hydrogen) atoms. The number of aromatic nitrogens is 4. The number of aryl methyl sites for hydroxylation is 1. The number of furan rings is 1. The lowest BCUT2D eigenvalue weighted by Crippen LogP contribution is -2.22. The van der Waals surface area contributed by atoms with Crippen LogP contribution in [0.5, 0.6) is 0 Å². The molecule has 0 unspecified atom stereocenters. The maximum Gasteiger partial charge on any atom is 0.252 e. The summed E-state index contributed by atoms with van der Waals surface area (Å²) in [5, 5.41) is 7.33. The molecule has 0 aliphatic carbocycles. The maximum absolute atomic E-state index is 12.4. The standard InChI is InChI=1S/C19H23N5O3/c1-5-12-9-16(25)22-18(20-12)24-15(21-17(26)11-19(2,3)4)10-13(23-24)14-7-6-8-27-14/h6-10H,5,11H2,1-4H3,(H,21,26)(H,20,22,25). The van der Waals surface area contributed by atoms with Crippen LogP contribution in [-0.2, 0) is 11.2 Å². The van der Waals surface area contributed by atoms with Gasteiger partial charge >= 0.3 is 0 Å². The van der Waals surface area contributed by atoms with E-state index in [1.165, 1.54) is 10.7 Å². The van der Waals surface area contributed by atoms with Gasteiger partial charge in [0, 0.05) is 24.2 Å². The number of carbonyl (C=O) groups is 1. The lowest BCUT2D eigenvalue weighted by Gasteiger charge is -2.17. The molecule has 0 saturated heterocycles. The molecular weight excluding hydrogens is 346 g/mol. The van der Waals surface area contributed by atoms with Gasteiger partial charge in [-0.05, 0) is 24.0 Å². The van der Waals surface area contributed by atoms with Crippen LogP contribution in [0.1, 0.15) is 39.8 Å². The number of carbonyl (C=O) groups excluding carboxylic acids is 1. The molecule has 142 valence electrons. The third kappa shape index (κ3) is 4.52. The van der Waals surface area contributed by atoms with E-state index in [9.17, 15) is 9.59 Å². The van der Waals surface area contributed by atoms with Crippen molar-refractivity contribution in [2.45, 2.75) is 40.5 Å². The smallest absolute Gasteiger partial charge is 0.252 e. The Kier molecular flexibility index (Phi) is 4.98. The number of aromatic amines is 1. The highest BCUT2D eigenvalue weighted by molar-refractivity contribution is 5.91. The molecule has 0 bridgehead atoms. The van der Waals surface area contributed by atoms with Gasteiger partial charge in [-0.25, -0.2) is 4.98 Å². The minimum atomic E-state index is -0.279. The number of hydrogen-bond donors (Lipinski definition) is 2. The highest BCUT2D eigenvalue weighted by Crippen LogP contribution is 2.25. The molecule has 1 amide bonds. The van der Waals surface area contributed by atoms with Crippen molar-refractivity contribution in [3.63, 3.8) is 0 Å². The predicted molar refractivity (Wildman–Crippen MR) is 102 cm³/mol. The Morgan fingerprint density at radius 3 is 2.74 bits per heavy atom. The summed E-state index contributed by atoms with van der Waals surface area (Å²) < 4.78 is 6.81. The molecule has 3 aromatic heterocycles. The van der Waals surface area contributed by atoms with Crippen molar-refractivity contribution in [2.75, 3.05) is 5.32 Å². The molecule has 0 atom stereocenters.